The van der Waals surface area contributed by atoms with E-state index >= 15 is 0 Å². The van der Waals surface area contributed by atoms with Crippen LogP contribution in [0, 0.1) is 11.8 Å². The van der Waals surface area contributed by atoms with Crippen molar-refractivity contribution in [3.63, 3.8) is 0 Å². The average molecular weight is 602 g/mol. The van der Waals surface area contributed by atoms with E-state index in [1.54, 1.807) is 53.3 Å². The molecule has 0 radical (unpaired) electrons. The van der Waals surface area contributed by atoms with Crippen molar-refractivity contribution in [3.05, 3.63) is 79.9 Å². The Morgan fingerprint density at radius 3 is 2.18 bits per heavy atom. The largest absolute Gasteiger partial charge is 0.497 e. The Morgan fingerprint density at radius 1 is 1.02 bits per heavy atom. The Hall–Kier alpha value is -3.95. The van der Waals surface area contributed by atoms with Crippen LogP contribution in [0.15, 0.2) is 79.9 Å². The van der Waals surface area contributed by atoms with Gasteiger partial charge in [0.15, 0.2) is 0 Å². The number of anilines is 2. The summed E-state index contributed by atoms with van der Waals surface area (Å²) < 4.78 is 12.3. The van der Waals surface area contributed by atoms with E-state index in [1.165, 1.54) is 4.90 Å². The predicted molar refractivity (Wildman–Crippen MR) is 169 cm³/mol. The molecule has 2 bridgehead atoms. The second kappa shape index (κ2) is 12.6. The first-order chi connectivity index (χ1) is 21.3. The Morgan fingerprint density at radius 2 is 1.64 bits per heavy atom. The molecule has 1 N–H and O–H groups in total. The molecule has 3 amide bonds. The minimum atomic E-state index is -1.23. The summed E-state index contributed by atoms with van der Waals surface area (Å²) in [5.41, 5.74) is -0.809. The van der Waals surface area contributed by atoms with Gasteiger partial charge in [-0.15, -0.1) is 13.2 Å². The minimum absolute atomic E-state index is 0.197. The van der Waals surface area contributed by atoms with Crippen LogP contribution in [0.3, 0.4) is 0 Å². The number of benzene rings is 2. The van der Waals surface area contributed by atoms with Crippen molar-refractivity contribution < 1.29 is 29.0 Å². The van der Waals surface area contributed by atoms with Gasteiger partial charge >= 0.3 is 0 Å². The normalized spacial score (nSPS) is 27.5. The molecule has 3 aliphatic rings. The van der Waals surface area contributed by atoms with Crippen molar-refractivity contribution in [2.24, 2.45) is 11.8 Å². The number of likely N-dealkylation sites (tertiary alicyclic amines) is 1. The van der Waals surface area contributed by atoms with Gasteiger partial charge in [-0.2, -0.15) is 0 Å². The SMILES string of the molecule is C=CCN(C(=O)C1N([C@@H](CC)CO)C(=O)[C@@H]2[C@@H](C(=O)N(CC=C)c3ccccc3)[C@@]3(CC)CCC12O3)c1ccc(OC)cc1. The summed E-state index contributed by atoms with van der Waals surface area (Å²) in [4.78, 5) is 48.9. The summed E-state index contributed by atoms with van der Waals surface area (Å²) >= 11 is 0. The fraction of sp³-hybridized carbons (Fsp3) is 0.457. The maximum absolute atomic E-state index is 14.8. The van der Waals surface area contributed by atoms with Crippen LogP contribution in [-0.4, -0.2) is 77.8 Å². The fourth-order valence-electron chi connectivity index (χ4n) is 7.71. The van der Waals surface area contributed by atoms with E-state index in [0.717, 1.165) is 0 Å². The zero-order valence-corrected chi connectivity index (χ0v) is 25.9. The molecule has 5 rings (SSSR count). The molecule has 3 aliphatic heterocycles. The number of carbonyl (C=O) groups excluding carboxylic acids is 3. The standard InChI is InChI=1S/C35H43N3O6/c1-6-21-36(25-13-11-10-12-14-25)31(40)28-29-32(41)38(24(8-3)23-39)30(35(29)20-19-34(28,9-4)44-35)33(42)37(22-7-2)26-15-17-27(43-5)18-16-26/h6-7,10-18,24,28-30,39H,1-2,8-9,19-23H2,3-5H3/t24-,28-,29-,30?,34+,35?/m0/s1. The molecule has 0 aromatic heterocycles. The molecule has 2 aromatic rings. The van der Waals surface area contributed by atoms with E-state index in [0.29, 0.717) is 42.8 Å². The smallest absolute Gasteiger partial charge is 0.253 e. The van der Waals surface area contributed by atoms with Crippen molar-refractivity contribution in [1.29, 1.82) is 0 Å². The van der Waals surface area contributed by atoms with Crippen LogP contribution in [0.2, 0.25) is 0 Å². The number of amides is 3. The quantitative estimate of drug-likeness (QED) is 0.343. The molecule has 6 atom stereocenters. The van der Waals surface area contributed by atoms with Crippen LogP contribution >= 0.6 is 0 Å². The zero-order chi connectivity index (χ0) is 31.6. The molecule has 2 aromatic carbocycles. The predicted octanol–water partition coefficient (Wildman–Crippen LogP) is 4.36. The van der Waals surface area contributed by atoms with Gasteiger partial charge < -0.3 is 29.3 Å². The first-order valence-electron chi connectivity index (χ1n) is 15.4. The van der Waals surface area contributed by atoms with E-state index in [-0.39, 0.29) is 37.4 Å². The van der Waals surface area contributed by atoms with E-state index in [9.17, 15) is 19.5 Å². The number of rotatable bonds is 13. The van der Waals surface area contributed by atoms with Crippen LogP contribution in [-0.2, 0) is 19.1 Å². The van der Waals surface area contributed by atoms with Crippen molar-refractivity contribution in [1.82, 2.24) is 4.90 Å². The number of hydrogen-bond acceptors (Lipinski definition) is 6. The molecule has 1 spiro atoms. The van der Waals surface area contributed by atoms with Crippen molar-refractivity contribution >= 4 is 29.1 Å². The number of aliphatic hydroxyl groups is 1. The molecule has 234 valence electrons. The number of fused-ring (bicyclic) bond motifs is 1. The van der Waals surface area contributed by atoms with Crippen molar-refractivity contribution in [2.45, 2.75) is 62.8 Å². The topological polar surface area (TPSA) is 99.6 Å². The highest BCUT2D eigenvalue weighted by Crippen LogP contribution is 2.65. The lowest BCUT2D eigenvalue weighted by Gasteiger charge is -2.39. The highest BCUT2D eigenvalue weighted by atomic mass is 16.5. The van der Waals surface area contributed by atoms with Crippen molar-refractivity contribution in [2.75, 3.05) is 36.6 Å². The molecule has 44 heavy (non-hydrogen) atoms. The molecular weight excluding hydrogens is 558 g/mol. The Balaban J connectivity index is 1.63. The third-order valence-corrected chi connectivity index (χ3v) is 9.80. The van der Waals surface area contributed by atoms with Gasteiger partial charge in [0.1, 0.15) is 17.4 Å². The van der Waals surface area contributed by atoms with Crippen molar-refractivity contribution in [3.8, 4) is 5.75 Å². The van der Waals surface area contributed by atoms with Crippen LogP contribution in [0.25, 0.3) is 0 Å². The Bertz CT molecular complexity index is 1390. The molecule has 0 aliphatic carbocycles. The summed E-state index contributed by atoms with van der Waals surface area (Å²) in [6.45, 7) is 11.8. The monoisotopic (exact) mass is 601 g/mol. The maximum atomic E-state index is 14.8. The van der Waals surface area contributed by atoms with Crippen LogP contribution in [0.1, 0.15) is 39.5 Å². The molecule has 2 unspecified atom stereocenters. The number of para-hydroxylation sites is 1. The van der Waals surface area contributed by atoms with Gasteiger partial charge in [-0.3, -0.25) is 14.4 Å². The number of ether oxygens (including phenoxy) is 2. The van der Waals surface area contributed by atoms with Gasteiger partial charge in [-0.1, -0.05) is 44.2 Å². The Kier molecular flexibility index (Phi) is 9.00. The number of carbonyl (C=O) groups is 3. The Labute approximate surface area is 259 Å². The number of methoxy groups -OCH3 is 1. The highest BCUT2D eigenvalue weighted by molar-refractivity contribution is 6.07. The highest BCUT2D eigenvalue weighted by Gasteiger charge is 2.79. The molecule has 9 nitrogen and oxygen atoms in total. The van der Waals surface area contributed by atoms with E-state index in [1.807, 2.05) is 44.2 Å². The van der Waals surface area contributed by atoms with Gasteiger partial charge in [-0.05, 0) is 62.1 Å². The second-order valence-electron chi connectivity index (χ2n) is 11.8. The average Bonchev–Trinajstić information content (AvgIpc) is 3.67. The summed E-state index contributed by atoms with van der Waals surface area (Å²) in [5, 5.41) is 10.5. The maximum Gasteiger partial charge on any atom is 0.253 e. The van der Waals surface area contributed by atoms with E-state index < -0.39 is 35.1 Å². The second-order valence-corrected chi connectivity index (χ2v) is 11.8. The van der Waals surface area contributed by atoms with Crippen LogP contribution in [0.5, 0.6) is 5.75 Å². The first kappa shape index (κ1) is 31.5. The number of nitrogens with zero attached hydrogens (tertiary/aromatic N) is 3. The lowest BCUT2D eigenvalue weighted by molar-refractivity contribution is -0.149. The molecule has 3 fully saturated rings. The molecular formula is C35H43N3O6. The van der Waals surface area contributed by atoms with Gasteiger partial charge in [0.2, 0.25) is 11.8 Å². The number of aliphatic hydroxyl groups excluding tert-OH is 1. The van der Waals surface area contributed by atoms with Gasteiger partial charge in [-0.25, -0.2) is 0 Å². The third-order valence-electron chi connectivity index (χ3n) is 9.80. The fourth-order valence-corrected chi connectivity index (χ4v) is 7.71. The van der Waals surface area contributed by atoms with Gasteiger partial charge in [0, 0.05) is 24.5 Å². The molecule has 0 saturated carbocycles. The first-order valence-corrected chi connectivity index (χ1v) is 15.4. The summed E-state index contributed by atoms with van der Waals surface area (Å²) in [6.07, 6.45) is 5.25. The van der Waals surface area contributed by atoms with E-state index in [4.69, 9.17) is 9.47 Å². The third kappa shape index (κ3) is 4.82. The summed E-state index contributed by atoms with van der Waals surface area (Å²) in [7, 11) is 1.58. The lowest BCUT2D eigenvalue weighted by atomic mass is 9.64. The molecule has 9 heteroatoms. The minimum Gasteiger partial charge on any atom is -0.497 e. The lowest BCUT2D eigenvalue weighted by Crippen LogP contribution is -2.59. The summed E-state index contributed by atoms with van der Waals surface area (Å²) in [5.74, 6) is -1.91. The number of hydrogen-bond donors (Lipinski definition) is 1. The molecule has 3 heterocycles. The van der Waals surface area contributed by atoms with Gasteiger partial charge in [0.25, 0.3) is 5.91 Å². The van der Waals surface area contributed by atoms with Crippen LogP contribution < -0.4 is 14.5 Å². The summed E-state index contributed by atoms with van der Waals surface area (Å²) in [6, 6.07) is 14.8. The van der Waals surface area contributed by atoms with E-state index in [2.05, 4.69) is 13.2 Å². The van der Waals surface area contributed by atoms with Gasteiger partial charge in [0.05, 0.1) is 37.2 Å². The van der Waals surface area contributed by atoms with Crippen LogP contribution in [0.4, 0.5) is 11.4 Å². The molecule has 3 saturated heterocycles. The zero-order valence-electron chi connectivity index (χ0n) is 25.9.